The molecule has 1 aromatic heterocycles. The van der Waals surface area contributed by atoms with Crippen LogP contribution in [0.5, 0.6) is 5.75 Å². The molecule has 0 radical (unpaired) electrons. The molecule has 1 aliphatic heterocycles. The largest absolute Gasteiger partial charge is 0.495 e. The third-order valence-corrected chi connectivity index (χ3v) is 7.41. The topological polar surface area (TPSA) is 75.7 Å². The van der Waals surface area contributed by atoms with Crippen LogP contribution in [0.1, 0.15) is 30.6 Å². The summed E-state index contributed by atoms with van der Waals surface area (Å²) >= 11 is 1.62. The van der Waals surface area contributed by atoms with E-state index in [0.29, 0.717) is 31.6 Å². The van der Waals surface area contributed by atoms with E-state index < -0.39 is 10.0 Å². The summed E-state index contributed by atoms with van der Waals surface area (Å²) in [7, 11) is -2.20. The number of carbonyl (C=O) groups excluding carboxylic acids is 1. The first-order chi connectivity index (χ1) is 13.0. The van der Waals surface area contributed by atoms with Gasteiger partial charge in [-0.15, -0.1) is 11.3 Å². The van der Waals surface area contributed by atoms with Gasteiger partial charge in [-0.1, -0.05) is 12.5 Å². The summed E-state index contributed by atoms with van der Waals surface area (Å²) in [4.78, 5) is 13.5. The Balaban J connectivity index is 1.75. The zero-order valence-electron chi connectivity index (χ0n) is 15.3. The lowest BCUT2D eigenvalue weighted by Crippen LogP contribution is -2.35. The monoisotopic (exact) mass is 408 g/mol. The van der Waals surface area contributed by atoms with E-state index in [1.54, 1.807) is 23.5 Å². The summed E-state index contributed by atoms with van der Waals surface area (Å²) in [5, 5.41) is 4.78. The van der Waals surface area contributed by atoms with Gasteiger partial charge < -0.3 is 10.1 Å². The first-order valence-corrected chi connectivity index (χ1v) is 11.3. The number of carbonyl (C=O) groups is 1. The van der Waals surface area contributed by atoms with E-state index in [1.165, 1.54) is 17.5 Å². The van der Waals surface area contributed by atoms with Crippen LogP contribution in [-0.4, -0.2) is 38.8 Å². The lowest BCUT2D eigenvalue weighted by molar-refractivity contribution is -0.116. The third kappa shape index (κ3) is 4.88. The van der Waals surface area contributed by atoms with Crippen LogP contribution in [0.15, 0.2) is 40.6 Å². The smallest absolute Gasteiger partial charge is 0.246 e. The minimum absolute atomic E-state index is 0.1000. The summed E-state index contributed by atoms with van der Waals surface area (Å²) in [6, 6.07) is 8.70. The molecule has 0 saturated carbocycles. The Hall–Kier alpha value is -1.90. The molecule has 1 amide bonds. The molecular weight excluding hydrogens is 384 g/mol. The van der Waals surface area contributed by atoms with Crippen molar-refractivity contribution >= 4 is 33.0 Å². The lowest BCUT2D eigenvalue weighted by atomic mass is 10.2. The maximum absolute atomic E-state index is 13.0. The average molecular weight is 409 g/mol. The second kappa shape index (κ2) is 8.86. The molecule has 1 saturated heterocycles. The number of nitrogens with one attached hydrogen (secondary N) is 1. The SMILES string of the molecule is COc1ccc(NC(=O)CCc2cccs2)cc1S(=O)(=O)N1CCCCC1. The van der Waals surface area contributed by atoms with Crippen molar-refractivity contribution < 1.29 is 17.9 Å². The number of benzene rings is 1. The second-order valence-corrected chi connectivity index (χ2v) is 9.40. The summed E-state index contributed by atoms with van der Waals surface area (Å²) in [5.74, 6) is 0.145. The number of aryl methyl sites for hydroxylation is 1. The molecule has 1 N–H and O–H groups in total. The number of thiophene rings is 1. The van der Waals surface area contributed by atoms with Crippen molar-refractivity contribution in [3.05, 3.63) is 40.6 Å². The van der Waals surface area contributed by atoms with Gasteiger partial charge in [0.2, 0.25) is 15.9 Å². The number of sulfonamides is 1. The van der Waals surface area contributed by atoms with Crippen molar-refractivity contribution in [1.82, 2.24) is 4.31 Å². The fourth-order valence-corrected chi connectivity index (χ4v) is 5.52. The molecule has 27 heavy (non-hydrogen) atoms. The van der Waals surface area contributed by atoms with E-state index in [0.717, 1.165) is 24.1 Å². The molecule has 0 aliphatic carbocycles. The van der Waals surface area contributed by atoms with Crippen molar-refractivity contribution in [2.24, 2.45) is 0 Å². The molecule has 2 aromatic rings. The Morgan fingerprint density at radius 3 is 2.67 bits per heavy atom. The molecule has 3 rings (SSSR count). The van der Waals surface area contributed by atoms with Gasteiger partial charge in [0.25, 0.3) is 0 Å². The van der Waals surface area contributed by atoms with Crippen molar-refractivity contribution in [3.63, 3.8) is 0 Å². The first kappa shape index (κ1) is 19.9. The maximum atomic E-state index is 13.0. The van der Waals surface area contributed by atoms with Crippen LogP contribution in [-0.2, 0) is 21.2 Å². The van der Waals surface area contributed by atoms with Gasteiger partial charge in [-0.2, -0.15) is 4.31 Å². The Morgan fingerprint density at radius 1 is 1.22 bits per heavy atom. The van der Waals surface area contributed by atoms with Crippen LogP contribution in [0.2, 0.25) is 0 Å². The number of amides is 1. The van der Waals surface area contributed by atoms with Crippen LogP contribution in [0.3, 0.4) is 0 Å². The van der Waals surface area contributed by atoms with E-state index >= 15 is 0 Å². The fraction of sp³-hybridized carbons (Fsp3) is 0.421. The van der Waals surface area contributed by atoms with Gasteiger partial charge in [-0.25, -0.2) is 8.42 Å². The molecule has 2 heterocycles. The summed E-state index contributed by atoms with van der Waals surface area (Å²) in [6.45, 7) is 1.03. The molecule has 0 spiro atoms. The number of piperidine rings is 1. The summed E-state index contributed by atoms with van der Waals surface area (Å²) in [6.07, 6.45) is 3.78. The zero-order chi connectivity index (χ0) is 19.3. The highest BCUT2D eigenvalue weighted by atomic mass is 32.2. The minimum atomic E-state index is -3.65. The van der Waals surface area contributed by atoms with Crippen LogP contribution in [0.4, 0.5) is 5.69 Å². The average Bonchev–Trinajstić information content (AvgIpc) is 3.21. The number of rotatable bonds is 7. The van der Waals surface area contributed by atoms with Gasteiger partial charge in [0.1, 0.15) is 10.6 Å². The number of ether oxygens (including phenoxy) is 1. The molecule has 1 aromatic carbocycles. The van der Waals surface area contributed by atoms with Gasteiger partial charge in [0, 0.05) is 30.1 Å². The molecule has 0 unspecified atom stereocenters. The van der Waals surface area contributed by atoms with E-state index in [2.05, 4.69) is 5.32 Å². The van der Waals surface area contributed by atoms with Gasteiger partial charge in [0.05, 0.1) is 7.11 Å². The second-order valence-electron chi connectivity index (χ2n) is 6.46. The first-order valence-electron chi connectivity index (χ1n) is 9.01. The lowest BCUT2D eigenvalue weighted by Gasteiger charge is -2.26. The van der Waals surface area contributed by atoms with Gasteiger partial charge >= 0.3 is 0 Å². The molecule has 146 valence electrons. The van der Waals surface area contributed by atoms with Crippen LogP contribution < -0.4 is 10.1 Å². The van der Waals surface area contributed by atoms with Crippen LogP contribution in [0.25, 0.3) is 0 Å². The zero-order valence-corrected chi connectivity index (χ0v) is 16.9. The third-order valence-electron chi connectivity index (χ3n) is 4.56. The number of anilines is 1. The number of nitrogens with zero attached hydrogens (tertiary/aromatic N) is 1. The molecule has 8 heteroatoms. The predicted octanol–water partition coefficient (Wildman–Crippen LogP) is 3.50. The van der Waals surface area contributed by atoms with Crippen molar-refractivity contribution in [1.29, 1.82) is 0 Å². The normalized spacial score (nSPS) is 15.4. The highest BCUT2D eigenvalue weighted by Crippen LogP contribution is 2.31. The Labute approximate surface area is 164 Å². The van der Waals surface area contributed by atoms with Crippen molar-refractivity contribution in [2.75, 3.05) is 25.5 Å². The number of methoxy groups -OCH3 is 1. The van der Waals surface area contributed by atoms with Crippen molar-refractivity contribution in [2.45, 2.75) is 37.0 Å². The van der Waals surface area contributed by atoms with E-state index in [1.807, 2.05) is 17.5 Å². The standard InChI is InChI=1S/C19H24N2O4S2/c1-25-17-9-7-15(20-19(22)10-8-16-6-5-13-26-16)14-18(17)27(23,24)21-11-3-2-4-12-21/h5-7,9,13-14H,2-4,8,10-12H2,1H3,(H,20,22). The van der Waals surface area contributed by atoms with Crippen LogP contribution in [0, 0.1) is 0 Å². The Morgan fingerprint density at radius 2 is 2.00 bits per heavy atom. The minimum Gasteiger partial charge on any atom is -0.495 e. The summed E-state index contributed by atoms with van der Waals surface area (Å²) < 4.78 is 32.8. The highest BCUT2D eigenvalue weighted by molar-refractivity contribution is 7.89. The number of hydrogen-bond donors (Lipinski definition) is 1. The molecule has 1 aliphatic rings. The van der Waals surface area contributed by atoms with Gasteiger partial charge in [-0.3, -0.25) is 4.79 Å². The quantitative estimate of drug-likeness (QED) is 0.761. The molecule has 0 bridgehead atoms. The van der Waals surface area contributed by atoms with Crippen molar-refractivity contribution in [3.8, 4) is 5.75 Å². The van der Waals surface area contributed by atoms with Crippen LogP contribution >= 0.6 is 11.3 Å². The van der Waals surface area contributed by atoms with E-state index in [4.69, 9.17) is 4.74 Å². The fourth-order valence-electron chi connectivity index (χ4n) is 3.12. The molecule has 0 atom stereocenters. The van der Waals surface area contributed by atoms with Gasteiger partial charge in [0.15, 0.2) is 0 Å². The Bertz CT molecular complexity index is 873. The molecule has 1 fully saturated rings. The number of hydrogen-bond acceptors (Lipinski definition) is 5. The predicted molar refractivity (Wildman–Crippen MR) is 107 cm³/mol. The summed E-state index contributed by atoms with van der Waals surface area (Å²) in [5.41, 5.74) is 0.461. The molecular formula is C19H24N2O4S2. The van der Waals surface area contributed by atoms with Gasteiger partial charge in [-0.05, 0) is 48.9 Å². The maximum Gasteiger partial charge on any atom is 0.246 e. The highest BCUT2D eigenvalue weighted by Gasteiger charge is 2.29. The van der Waals surface area contributed by atoms with E-state index in [9.17, 15) is 13.2 Å². The molecule has 6 nitrogen and oxygen atoms in total. The van der Waals surface area contributed by atoms with E-state index in [-0.39, 0.29) is 16.6 Å². The Kier molecular flexibility index (Phi) is 6.51.